The van der Waals surface area contributed by atoms with E-state index in [2.05, 4.69) is 9.88 Å². The number of amides is 1. The van der Waals surface area contributed by atoms with Crippen molar-refractivity contribution < 1.29 is 19.0 Å². The van der Waals surface area contributed by atoms with Gasteiger partial charge in [0.15, 0.2) is 11.5 Å². The zero-order valence-corrected chi connectivity index (χ0v) is 22.2. The molecule has 3 aliphatic rings. The van der Waals surface area contributed by atoms with E-state index >= 15 is 0 Å². The smallest absolute Gasteiger partial charge is 0.249 e. The lowest BCUT2D eigenvalue weighted by molar-refractivity contribution is 0.100. The molecule has 200 valence electrons. The number of nitrogens with zero attached hydrogens (tertiary/aromatic N) is 2. The minimum Gasteiger partial charge on any atom is -0.493 e. The maximum Gasteiger partial charge on any atom is 0.249 e. The molecule has 1 amide bonds. The molecule has 7 heteroatoms. The van der Waals surface area contributed by atoms with Crippen molar-refractivity contribution in [1.29, 1.82) is 0 Å². The Labute approximate surface area is 227 Å². The minimum atomic E-state index is -0.449. The number of ether oxygens (including phenoxy) is 3. The summed E-state index contributed by atoms with van der Waals surface area (Å²) in [4.78, 5) is 19.2. The van der Waals surface area contributed by atoms with Crippen molar-refractivity contribution in [2.24, 2.45) is 11.7 Å². The van der Waals surface area contributed by atoms with Gasteiger partial charge in [0.1, 0.15) is 18.1 Å². The van der Waals surface area contributed by atoms with Crippen LogP contribution in [0.5, 0.6) is 23.0 Å². The molecule has 0 atom stereocenters. The molecule has 39 heavy (non-hydrogen) atoms. The molecule has 1 heterocycles. The highest BCUT2D eigenvalue weighted by Gasteiger charge is 2.54. The van der Waals surface area contributed by atoms with E-state index < -0.39 is 5.91 Å². The van der Waals surface area contributed by atoms with Crippen molar-refractivity contribution in [3.63, 3.8) is 0 Å². The van der Waals surface area contributed by atoms with E-state index in [1.54, 1.807) is 19.4 Å². The third-order valence-corrected chi connectivity index (χ3v) is 8.40. The minimum absolute atomic E-state index is 0.173. The van der Waals surface area contributed by atoms with Crippen LogP contribution in [0.2, 0.25) is 0 Å². The van der Waals surface area contributed by atoms with Crippen molar-refractivity contribution >= 4 is 27.6 Å². The average molecular weight is 524 g/mol. The van der Waals surface area contributed by atoms with Crippen molar-refractivity contribution in [2.75, 3.05) is 20.3 Å². The second-order valence-corrected chi connectivity index (χ2v) is 11.3. The van der Waals surface area contributed by atoms with Gasteiger partial charge in [0.25, 0.3) is 0 Å². The summed E-state index contributed by atoms with van der Waals surface area (Å²) >= 11 is 0. The van der Waals surface area contributed by atoms with Gasteiger partial charge in [-0.15, -0.1) is 0 Å². The third kappa shape index (κ3) is 4.76. The molecule has 0 aliphatic heterocycles. The monoisotopic (exact) mass is 523 g/mol. The zero-order valence-electron chi connectivity index (χ0n) is 22.2. The van der Waals surface area contributed by atoms with Crippen LogP contribution in [-0.4, -0.2) is 47.6 Å². The number of aromatic nitrogens is 1. The molecule has 0 radical (unpaired) electrons. The highest BCUT2D eigenvalue weighted by Crippen LogP contribution is 2.50. The Balaban J connectivity index is 1.14. The molecule has 0 saturated heterocycles. The number of carbonyl (C=O) groups excluding carboxylic acids is 1. The summed E-state index contributed by atoms with van der Waals surface area (Å²) in [5, 5.41) is 2.51. The number of methoxy groups -OCH3 is 1. The van der Waals surface area contributed by atoms with Gasteiger partial charge in [0.05, 0.1) is 18.2 Å². The number of hydrogen-bond donors (Lipinski definition) is 1. The molecule has 3 fully saturated rings. The molecule has 0 unspecified atom stereocenters. The number of pyridine rings is 1. The first kappa shape index (κ1) is 24.2. The second-order valence-electron chi connectivity index (χ2n) is 11.3. The lowest BCUT2D eigenvalue weighted by atomic mass is 10.0. The first-order valence-corrected chi connectivity index (χ1v) is 13.9. The average Bonchev–Trinajstić information content (AvgIpc) is 3.80. The first-order chi connectivity index (χ1) is 19.0. The lowest BCUT2D eigenvalue weighted by Gasteiger charge is -2.32. The number of hydrogen-bond acceptors (Lipinski definition) is 6. The van der Waals surface area contributed by atoms with Crippen molar-refractivity contribution in [3.8, 4) is 23.0 Å². The second kappa shape index (κ2) is 9.42. The van der Waals surface area contributed by atoms with Gasteiger partial charge < -0.3 is 19.9 Å². The summed E-state index contributed by atoms with van der Waals surface area (Å²) in [6.45, 7) is 1.91. The molecular formula is C32H33N3O4. The van der Waals surface area contributed by atoms with E-state index in [0.717, 1.165) is 33.6 Å². The number of rotatable bonds is 11. The van der Waals surface area contributed by atoms with Crippen LogP contribution >= 0.6 is 0 Å². The third-order valence-electron chi connectivity index (χ3n) is 8.40. The fourth-order valence-corrected chi connectivity index (χ4v) is 5.72. The molecule has 2 N–H and O–H groups in total. The lowest BCUT2D eigenvalue weighted by Crippen LogP contribution is -2.44. The Morgan fingerprint density at radius 1 is 1.00 bits per heavy atom. The Hall–Kier alpha value is -3.84. The van der Waals surface area contributed by atoms with Crippen LogP contribution in [-0.2, 0) is 0 Å². The Bertz CT molecular complexity index is 1570. The summed E-state index contributed by atoms with van der Waals surface area (Å²) in [5.74, 6) is 3.14. The van der Waals surface area contributed by atoms with Crippen molar-refractivity contribution in [1.82, 2.24) is 9.88 Å². The molecule has 3 aromatic carbocycles. The Morgan fingerprint density at radius 3 is 2.56 bits per heavy atom. The van der Waals surface area contributed by atoms with E-state index in [1.807, 2.05) is 48.5 Å². The molecule has 7 nitrogen and oxygen atoms in total. The normalized spacial score (nSPS) is 17.9. The number of carbonyl (C=O) groups is 1. The summed E-state index contributed by atoms with van der Waals surface area (Å²) in [7, 11) is 1.67. The van der Waals surface area contributed by atoms with Gasteiger partial charge in [-0.3, -0.25) is 14.7 Å². The van der Waals surface area contributed by atoms with Gasteiger partial charge in [-0.2, -0.15) is 0 Å². The van der Waals surface area contributed by atoms with Gasteiger partial charge in [-0.25, -0.2) is 0 Å². The van der Waals surface area contributed by atoms with E-state index in [-0.39, 0.29) is 5.54 Å². The molecule has 3 aliphatic carbocycles. The van der Waals surface area contributed by atoms with E-state index in [9.17, 15) is 4.79 Å². The van der Waals surface area contributed by atoms with Gasteiger partial charge in [0.2, 0.25) is 5.91 Å². The quantitative estimate of drug-likeness (QED) is 0.257. The van der Waals surface area contributed by atoms with Crippen molar-refractivity contribution in [3.05, 3.63) is 66.4 Å². The number of nitrogens with two attached hydrogens (primary N) is 1. The van der Waals surface area contributed by atoms with Crippen LogP contribution in [0, 0.1) is 5.92 Å². The van der Waals surface area contributed by atoms with Crippen LogP contribution in [0.4, 0.5) is 0 Å². The Morgan fingerprint density at radius 2 is 1.85 bits per heavy atom. The standard InChI is InChI=1S/C32H33N3O4/c1-37-29-16-26-27(17-30(29)38-19-32(12-13-32)35(22-7-8-22)18-20-5-6-20)34-14-11-28(26)39-23-9-10-24-21(15-23)3-2-4-25(24)31(33)36/h2-4,9-11,14-17,20,22H,5-8,12-13,18-19H2,1H3,(H2,33,36). The summed E-state index contributed by atoms with van der Waals surface area (Å²) < 4.78 is 18.6. The first-order valence-electron chi connectivity index (χ1n) is 13.9. The summed E-state index contributed by atoms with van der Waals surface area (Å²) in [5.41, 5.74) is 6.99. The summed E-state index contributed by atoms with van der Waals surface area (Å²) in [6, 6.07) is 17.6. The van der Waals surface area contributed by atoms with Crippen LogP contribution in [0.15, 0.2) is 60.8 Å². The van der Waals surface area contributed by atoms with Gasteiger partial charge in [-0.1, -0.05) is 12.1 Å². The summed E-state index contributed by atoms with van der Waals surface area (Å²) in [6.07, 6.45) is 9.55. The highest BCUT2D eigenvalue weighted by atomic mass is 16.5. The Kier molecular flexibility index (Phi) is 5.85. The van der Waals surface area contributed by atoms with Gasteiger partial charge in [-0.05, 0) is 91.6 Å². The molecule has 1 aromatic heterocycles. The van der Waals surface area contributed by atoms with Gasteiger partial charge in [0, 0.05) is 35.8 Å². The van der Waals surface area contributed by atoms with E-state index in [0.29, 0.717) is 35.2 Å². The van der Waals surface area contributed by atoms with E-state index in [4.69, 9.17) is 19.9 Å². The fourth-order valence-electron chi connectivity index (χ4n) is 5.72. The number of primary amides is 1. The fraction of sp³-hybridized carbons (Fsp3) is 0.375. The number of benzene rings is 3. The molecule has 7 rings (SSSR count). The van der Waals surface area contributed by atoms with Crippen LogP contribution < -0.4 is 19.9 Å². The molecule has 0 bridgehead atoms. The van der Waals surface area contributed by atoms with Crippen LogP contribution in [0.3, 0.4) is 0 Å². The number of fused-ring (bicyclic) bond motifs is 2. The van der Waals surface area contributed by atoms with E-state index in [1.165, 1.54) is 45.1 Å². The molecule has 4 aromatic rings. The maximum absolute atomic E-state index is 11.8. The van der Waals surface area contributed by atoms with Gasteiger partial charge >= 0.3 is 0 Å². The topological polar surface area (TPSA) is 86.9 Å². The zero-order chi connectivity index (χ0) is 26.6. The molecule has 0 spiro atoms. The maximum atomic E-state index is 11.8. The molecular weight excluding hydrogens is 490 g/mol. The predicted octanol–water partition coefficient (Wildman–Crippen LogP) is 6.07. The van der Waals surface area contributed by atoms with Crippen molar-refractivity contribution in [2.45, 2.75) is 50.1 Å². The van der Waals surface area contributed by atoms with Crippen LogP contribution in [0.1, 0.15) is 48.9 Å². The highest BCUT2D eigenvalue weighted by molar-refractivity contribution is 6.06. The van der Waals surface area contributed by atoms with Crippen LogP contribution in [0.25, 0.3) is 21.7 Å². The largest absolute Gasteiger partial charge is 0.493 e. The predicted molar refractivity (Wildman–Crippen MR) is 151 cm³/mol. The SMILES string of the molecule is COc1cc2c(Oc3ccc4c(C(N)=O)cccc4c3)ccnc2cc1OCC1(N(CC2CC2)C2CC2)CC1. The molecule has 3 saturated carbocycles.